The van der Waals surface area contributed by atoms with Gasteiger partial charge in [0.25, 0.3) is 0 Å². The average Bonchev–Trinajstić information content (AvgIpc) is 3.43. The Morgan fingerprint density at radius 2 is 1.83 bits per heavy atom. The standard InChI is InChI=1S/C22H31N5OS/c1-2-18-10-6-7-15-26(18)21(28)17-29-22-24-23-20(16-25-13-8-9-14-25)27(22)19-11-4-3-5-12-19/h3-5,11-12,18H,2,6-10,13-17H2,1H3. The zero-order valence-corrected chi connectivity index (χ0v) is 18.1. The molecule has 0 spiro atoms. The number of amides is 1. The van der Waals surface area contributed by atoms with E-state index in [1.54, 1.807) is 0 Å². The molecule has 4 rings (SSSR count). The molecule has 2 aromatic rings. The molecule has 2 fully saturated rings. The quantitative estimate of drug-likeness (QED) is 0.647. The fraction of sp³-hybridized carbons (Fsp3) is 0.591. The van der Waals surface area contributed by atoms with Crippen LogP contribution in [0.3, 0.4) is 0 Å². The van der Waals surface area contributed by atoms with E-state index in [2.05, 4.69) is 43.6 Å². The number of hydrogen-bond donors (Lipinski definition) is 0. The molecule has 29 heavy (non-hydrogen) atoms. The molecule has 1 atom stereocenters. The van der Waals surface area contributed by atoms with Gasteiger partial charge in [0.05, 0.1) is 12.3 Å². The number of benzene rings is 1. The second-order valence-electron chi connectivity index (χ2n) is 7.99. The van der Waals surface area contributed by atoms with Gasteiger partial charge in [-0.05, 0) is 63.7 Å². The van der Waals surface area contributed by atoms with E-state index in [-0.39, 0.29) is 5.91 Å². The Balaban J connectivity index is 1.50. The summed E-state index contributed by atoms with van der Waals surface area (Å²) < 4.78 is 2.13. The van der Waals surface area contributed by atoms with Gasteiger partial charge < -0.3 is 4.90 Å². The second kappa shape index (κ2) is 9.76. The summed E-state index contributed by atoms with van der Waals surface area (Å²) in [6.45, 7) is 6.12. The first-order valence-corrected chi connectivity index (χ1v) is 11.9. The molecule has 0 radical (unpaired) electrons. The minimum absolute atomic E-state index is 0.227. The number of thioether (sulfide) groups is 1. The molecule has 2 saturated heterocycles. The average molecular weight is 414 g/mol. The van der Waals surface area contributed by atoms with Gasteiger partial charge in [0, 0.05) is 18.3 Å². The van der Waals surface area contributed by atoms with Crippen LogP contribution < -0.4 is 0 Å². The maximum Gasteiger partial charge on any atom is 0.233 e. The molecule has 6 nitrogen and oxygen atoms in total. The summed E-state index contributed by atoms with van der Waals surface area (Å²) in [6, 6.07) is 10.7. The highest BCUT2D eigenvalue weighted by atomic mass is 32.2. The molecule has 1 amide bonds. The molecule has 2 aliphatic heterocycles. The fourth-order valence-electron chi connectivity index (χ4n) is 4.44. The molecule has 0 bridgehead atoms. The zero-order valence-electron chi connectivity index (χ0n) is 17.3. The van der Waals surface area contributed by atoms with Crippen molar-refractivity contribution in [3.63, 3.8) is 0 Å². The molecule has 3 heterocycles. The van der Waals surface area contributed by atoms with Crippen molar-refractivity contribution in [3.05, 3.63) is 36.2 Å². The lowest BCUT2D eigenvalue weighted by atomic mass is 10.0. The van der Waals surface area contributed by atoms with Crippen LogP contribution in [0.2, 0.25) is 0 Å². The highest BCUT2D eigenvalue weighted by Gasteiger charge is 2.26. The number of nitrogens with zero attached hydrogens (tertiary/aromatic N) is 5. The van der Waals surface area contributed by atoms with Crippen LogP contribution in [0, 0.1) is 0 Å². The maximum atomic E-state index is 12.9. The Bertz CT molecular complexity index is 803. The lowest BCUT2D eigenvalue weighted by molar-refractivity contribution is -0.132. The largest absolute Gasteiger partial charge is 0.339 e. The summed E-state index contributed by atoms with van der Waals surface area (Å²) in [4.78, 5) is 17.4. The SMILES string of the molecule is CCC1CCCCN1C(=O)CSc1nnc(CN2CCCC2)n1-c1ccccc1. The van der Waals surface area contributed by atoms with Gasteiger partial charge in [-0.3, -0.25) is 14.3 Å². The van der Waals surface area contributed by atoms with Crippen LogP contribution in [0.5, 0.6) is 0 Å². The number of aromatic nitrogens is 3. The lowest BCUT2D eigenvalue weighted by Gasteiger charge is -2.35. The second-order valence-corrected chi connectivity index (χ2v) is 8.93. The van der Waals surface area contributed by atoms with E-state index >= 15 is 0 Å². The van der Waals surface area contributed by atoms with Crippen molar-refractivity contribution >= 4 is 17.7 Å². The third-order valence-electron chi connectivity index (χ3n) is 6.02. The number of piperidine rings is 1. The number of rotatable bonds is 7. The first-order chi connectivity index (χ1) is 14.3. The molecule has 7 heteroatoms. The minimum atomic E-state index is 0.227. The molecular formula is C22H31N5OS. The number of likely N-dealkylation sites (tertiary alicyclic amines) is 2. The van der Waals surface area contributed by atoms with Crippen molar-refractivity contribution in [3.8, 4) is 5.69 Å². The van der Waals surface area contributed by atoms with Gasteiger partial charge in [-0.2, -0.15) is 0 Å². The van der Waals surface area contributed by atoms with Crippen LogP contribution >= 0.6 is 11.8 Å². The van der Waals surface area contributed by atoms with E-state index in [1.165, 1.54) is 31.0 Å². The van der Waals surface area contributed by atoms with E-state index in [4.69, 9.17) is 0 Å². The van der Waals surface area contributed by atoms with Gasteiger partial charge in [-0.1, -0.05) is 36.9 Å². The van der Waals surface area contributed by atoms with Crippen LogP contribution in [0.4, 0.5) is 0 Å². The Hall–Kier alpha value is -1.86. The van der Waals surface area contributed by atoms with Gasteiger partial charge in [-0.25, -0.2) is 0 Å². The maximum absolute atomic E-state index is 12.9. The lowest BCUT2D eigenvalue weighted by Crippen LogP contribution is -2.44. The van der Waals surface area contributed by atoms with Crippen molar-refractivity contribution in [1.82, 2.24) is 24.6 Å². The third-order valence-corrected chi connectivity index (χ3v) is 6.94. The molecule has 0 N–H and O–H groups in total. The number of carbonyl (C=O) groups is 1. The molecule has 1 unspecified atom stereocenters. The number of para-hydroxylation sites is 1. The number of carbonyl (C=O) groups excluding carboxylic acids is 1. The highest BCUT2D eigenvalue weighted by Crippen LogP contribution is 2.26. The van der Waals surface area contributed by atoms with Crippen LogP contribution in [0.15, 0.2) is 35.5 Å². The minimum Gasteiger partial charge on any atom is -0.339 e. The van der Waals surface area contributed by atoms with Gasteiger partial charge in [0.1, 0.15) is 0 Å². The van der Waals surface area contributed by atoms with Crippen molar-refractivity contribution in [2.45, 2.75) is 63.2 Å². The van der Waals surface area contributed by atoms with Crippen LogP contribution in [-0.4, -0.2) is 61.9 Å². The predicted octanol–water partition coefficient (Wildman–Crippen LogP) is 3.75. The van der Waals surface area contributed by atoms with Gasteiger partial charge in [-0.15, -0.1) is 10.2 Å². The smallest absolute Gasteiger partial charge is 0.233 e. The van der Waals surface area contributed by atoms with E-state index in [0.29, 0.717) is 11.8 Å². The summed E-state index contributed by atoms with van der Waals surface area (Å²) in [5.74, 6) is 1.60. The normalized spacial score (nSPS) is 20.3. The van der Waals surface area contributed by atoms with E-state index in [0.717, 1.165) is 62.1 Å². The topological polar surface area (TPSA) is 54.3 Å². The molecular weight excluding hydrogens is 382 g/mol. The van der Waals surface area contributed by atoms with Gasteiger partial charge in [0.15, 0.2) is 11.0 Å². The first-order valence-electron chi connectivity index (χ1n) is 10.9. The van der Waals surface area contributed by atoms with Crippen molar-refractivity contribution in [2.75, 3.05) is 25.4 Å². The Morgan fingerprint density at radius 1 is 1.07 bits per heavy atom. The van der Waals surface area contributed by atoms with Crippen molar-refractivity contribution in [1.29, 1.82) is 0 Å². The number of hydrogen-bond acceptors (Lipinski definition) is 5. The summed E-state index contributed by atoms with van der Waals surface area (Å²) in [5.41, 5.74) is 1.06. The van der Waals surface area contributed by atoms with E-state index in [1.807, 2.05) is 18.2 Å². The monoisotopic (exact) mass is 413 g/mol. The predicted molar refractivity (Wildman–Crippen MR) is 116 cm³/mol. The highest BCUT2D eigenvalue weighted by molar-refractivity contribution is 7.99. The fourth-order valence-corrected chi connectivity index (χ4v) is 5.29. The zero-order chi connectivity index (χ0) is 20.1. The van der Waals surface area contributed by atoms with Gasteiger partial charge in [0.2, 0.25) is 5.91 Å². The van der Waals surface area contributed by atoms with Crippen molar-refractivity contribution in [2.24, 2.45) is 0 Å². The molecule has 0 aliphatic carbocycles. The molecule has 156 valence electrons. The summed E-state index contributed by atoms with van der Waals surface area (Å²) in [7, 11) is 0. The Kier molecular flexibility index (Phi) is 6.87. The Morgan fingerprint density at radius 3 is 2.59 bits per heavy atom. The third kappa shape index (κ3) is 4.83. The summed E-state index contributed by atoms with van der Waals surface area (Å²) >= 11 is 1.51. The molecule has 1 aromatic carbocycles. The van der Waals surface area contributed by atoms with Crippen LogP contribution in [0.25, 0.3) is 5.69 Å². The van der Waals surface area contributed by atoms with Crippen molar-refractivity contribution < 1.29 is 4.79 Å². The first kappa shape index (κ1) is 20.4. The molecule has 2 aliphatic rings. The summed E-state index contributed by atoms with van der Waals surface area (Å²) in [6.07, 6.45) is 7.03. The van der Waals surface area contributed by atoms with E-state index in [9.17, 15) is 4.79 Å². The van der Waals surface area contributed by atoms with Crippen LogP contribution in [-0.2, 0) is 11.3 Å². The summed E-state index contributed by atoms with van der Waals surface area (Å²) in [5, 5.41) is 9.78. The van der Waals surface area contributed by atoms with Crippen LogP contribution in [0.1, 0.15) is 51.3 Å². The Labute approximate surface area is 177 Å². The molecule has 1 aromatic heterocycles. The van der Waals surface area contributed by atoms with Gasteiger partial charge >= 0.3 is 0 Å². The molecule has 0 saturated carbocycles. The van der Waals surface area contributed by atoms with E-state index < -0.39 is 0 Å².